The van der Waals surface area contributed by atoms with Crippen molar-refractivity contribution >= 4 is 52.1 Å². The molecule has 0 spiro atoms. The second-order valence-corrected chi connectivity index (χ2v) is 8.53. The Labute approximate surface area is 195 Å². The number of benzene rings is 1. The Bertz CT molecular complexity index is 794. The number of carbonyl (C=O) groups excluding carboxylic acids is 2. The number of hydrogen-bond acceptors (Lipinski definition) is 7. The van der Waals surface area contributed by atoms with Gasteiger partial charge in [-0.25, -0.2) is 0 Å². The minimum atomic E-state index is -1.23. The lowest BCUT2D eigenvalue weighted by Gasteiger charge is -2.18. The van der Waals surface area contributed by atoms with E-state index in [1.807, 2.05) is 30.3 Å². The van der Waals surface area contributed by atoms with Gasteiger partial charge in [-0.3, -0.25) is 19.2 Å². The average Bonchev–Trinajstić information content (AvgIpc) is 2.76. The van der Waals surface area contributed by atoms with Gasteiger partial charge in [-0.2, -0.15) is 0 Å². The second kappa shape index (κ2) is 15.2. The molecule has 0 heterocycles. The number of aryl methyl sites for hydroxylation is 1. The number of thiocarbonyl (C=S) groups is 1. The normalized spacial score (nSPS) is 12.3. The first kappa shape index (κ1) is 27.3. The number of carbonyl (C=O) groups is 4. The highest BCUT2D eigenvalue weighted by atomic mass is 32.2. The first-order chi connectivity index (χ1) is 15.2. The molecule has 0 fully saturated rings. The van der Waals surface area contributed by atoms with E-state index in [9.17, 15) is 19.2 Å². The summed E-state index contributed by atoms with van der Waals surface area (Å²) in [6, 6.07) is 7.75. The molecular weight excluding hydrogens is 456 g/mol. The van der Waals surface area contributed by atoms with Crippen molar-refractivity contribution in [1.29, 1.82) is 0 Å². The van der Waals surface area contributed by atoms with Gasteiger partial charge >= 0.3 is 11.9 Å². The zero-order valence-electron chi connectivity index (χ0n) is 17.4. The predicted octanol–water partition coefficient (Wildman–Crippen LogP) is 0.105. The van der Waals surface area contributed by atoms with Gasteiger partial charge in [0.05, 0.1) is 0 Å². The Morgan fingerprint density at radius 2 is 1.78 bits per heavy atom. The van der Waals surface area contributed by atoms with Gasteiger partial charge in [0.2, 0.25) is 11.8 Å². The fraction of sp³-hybridized carbons (Fsp3) is 0.450. The lowest BCUT2D eigenvalue weighted by Crippen LogP contribution is -2.49. The van der Waals surface area contributed by atoms with Crippen LogP contribution in [0.3, 0.4) is 0 Å². The van der Waals surface area contributed by atoms with Gasteiger partial charge in [-0.05, 0) is 24.8 Å². The zero-order chi connectivity index (χ0) is 23.9. The van der Waals surface area contributed by atoms with Crippen molar-refractivity contribution in [2.24, 2.45) is 5.73 Å². The molecule has 1 aromatic rings. The van der Waals surface area contributed by atoms with Crippen LogP contribution in [0.4, 0.5) is 0 Å². The van der Waals surface area contributed by atoms with Crippen LogP contribution in [-0.4, -0.2) is 69.2 Å². The van der Waals surface area contributed by atoms with Crippen LogP contribution >= 0.6 is 24.0 Å². The maximum atomic E-state index is 12.3. The highest BCUT2D eigenvalue weighted by Crippen LogP contribution is 2.07. The third-order valence-electron chi connectivity index (χ3n) is 4.20. The molecule has 1 aromatic carbocycles. The summed E-state index contributed by atoms with van der Waals surface area (Å²) < 4.78 is 0.441. The number of hydrogen-bond donors (Lipinski definition) is 6. The number of nitrogens with two attached hydrogens (primary N) is 1. The predicted molar refractivity (Wildman–Crippen MR) is 125 cm³/mol. The van der Waals surface area contributed by atoms with Crippen LogP contribution in [0.15, 0.2) is 30.3 Å². The molecule has 1 rings (SSSR count). The highest BCUT2D eigenvalue weighted by Gasteiger charge is 2.23. The molecular formula is C20H28N4O6S2. The van der Waals surface area contributed by atoms with Crippen molar-refractivity contribution < 1.29 is 29.4 Å². The number of carboxylic acids is 2. The van der Waals surface area contributed by atoms with Gasteiger partial charge in [0.25, 0.3) is 0 Å². The largest absolute Gasteiger partial charge is 0.480 e. The maximum absolute atomic E-state index is 12.3. The Morgan fingerprint density at radius 3 is 2.41 bits per heavy atom. The van der Waals surface area contributed by atoms with Gasteiger partial charge in [0.1, 0.15) is 22.9 Å². The summed E-state index contributed by atoms with van der Waals surface area (Å²) in [7, 11) is 0. The number of thioether (sulfide) groups is 1. The highest BCUT2D eigenvalue weighted by molar-refractivity contribution is 8.23. The van der Waals surface area contributed by atoms with Crippen molar-refractivity contribution in [1.82, 2.24) is 16.0 Å². The Hall–Kier alpha value is -2.70. The van der Waals surface area contributed by atoms with Crippen LogP contribution in [0.1, 0.15) is 24.8 Å². The van der Waals surface area contributed by atoms with E-state index in [0.29, 0.717) is 10.9 Å². The summed E-state index contributed by atoms with van der Waals surface area (Å²) in [5, 5.41) is 25.3. The van der Waals surface area contributed by atoms with Gasteiger partial charge in [0.15, 0.2) is 0 Å². The average molecular weight is 485 g/mol. The van der Waals surface area contributed by atoms with E-state index in [4.69, 9.17) is 28.2 Å². The minimum absolute atomic E-state index is 0.0761. The quantitative estimate of drug-likeness (QED) is 0.157. The molecule has 176 valence electrons. The lowest BCUT2D eigenvalue weighted by atomic mass is 10.1. The molecule has 32 heavy (non-hydrogen) atoms. The molecule has 0 saturated heterocycles. The molecule has 10 nitrogen and oxygen atoms in total. The Kier molecular flexibility index (Phi) is 12.9. The van der Waals surface area contributed by atoms with Crippen LogP contribution in [-0.2, 0) is 25.6 Å². The van der Waals surface area contributed by atoms with Crippen molar-refractivity contribution in [2.75, 3.05) is 18.8 Å². The Morgan fingerprint density at radius 1 is 1.09 bits per heavy atom. The van der Waals surface area contributed by atoms with Gasteiger partial charge in [0, 0.05) is 18.7 Å². The van der Waals surface area contributed by atoms with Crippen LogP contribution in [0.2, 0.25) is 0 Å². The van der Waals surface area contributed by atoms with E-state index in [1.54, 1.807) is 0 Å². The van der Waals surface area contributed by atoms with Crippen molar-refractivity contribution in [3.05, 3.63) is 35.9 Å². The van der Waals surface area contributed by atoms with Crippen molar-refractivity contribution in [2.45, 2.75) is 37.8 Å². The van der Waals surface area contributed by atoms with Crippen LogP contribution < -0.4 is 21.7 Å². The molecule has 0 aliphatic heterocycles. The first-order valence-corrected chi connectivity index (χ1v) is 11.3. The van der Waals surface area contributed by atoms with Gasteiger partial charge in [-0.15, -0.1) is 0 Å². The summed E-state index contributed by atoms with van der Waals surface area (Å²) in [4.78, 5) is 45.8. The summed E-state index contributed by atoms with van der Waals surface area (Å²) >= 11 is 6.40. The summed E-state index contributed by atoms with van der Waals surface area (Å²) in [6.45, 7) is 0.0397. The maximum Gasteiger partial charge on any atom is 0.322 e. The monoisotopic (exact) mass is 484 g/mol. The second-order valence-electron chi connectivity index (χ2n) is 6.83. The SMILES string of the molecule is NC(CCC(=O)NC(CSC(=S)NCCCc1ccccc1)C(=O)NCC(=O)O)C(=O)O. The summed E-state index contributed by atoms with van der Waals surface area (Å²) in [5.41, 5.74) is 6.59. The summed E-state index contributed by atoms with van der Waals surface area (Å²) in [5.74, 6) is -3.62. The van der Waals surface area contributed by atoms with E-state index >= 15 is 0 Å². The minimum Gasteiger partial charge on any atom is -0.480 e. The molecule has 0 radical (unpaired) electrons. The molecule has 12 heteroatoms. The molecule has 0 saturated carbocycles. The van der Waals surface area contributed by atoms with Crippen molar-refractivity contribution in [3.63, 3.8) is 0 Å². The molecule has 0 aliphatic carbocycles. The lowest BCUT2D eigenvalue weighted by molar-refractivity contribution is -0.139. The summed E-state index contributed by atoms with van der Waals surface area (Å²) in [6.07, 6.45) is 1.45. The molecule has 2 amide bonds. The van der Waals surface area contributed by atoms with E-state index < -0.39 is 42.4 Å². The van der Waals surface area contributed by atoms with Crippen LogP contribution in [0, 0.1) is 0 Å². The van der Waals surface area contributed by atoms with Crippen LogP contribution in [0.5, 0.6) is 0 Å². The smallest absolute Gasteiger partial charge is 0.322 e. The zero-order valence-corrected chi connectivity index (χ0v) is 19.0. The third kappa shape index (κ3) is 12.2. The number of aliphatic carboxylic acids is 2. The Balaban J connectivity index is 2.48. The van der Waals surface area contributed by atoms with E-state index in [1.165, 1.54) is 5.56 Å². The van der Waals surface area contributed by atoms with Crippen molar-refractivity contribution in [3.8, 4) is 0 Å². The molecule has 0 aromatic heterocycles. The molecule has 0 bridgehead atoms. The fourth-order valence-corrected chi connectivity index (χ4v) is 3.55. The standard InChI is InChI=1S/C20H28N4O6S2/c21-14(19(29)30)8-9-16(25)24-15(18(28)23-11-17(26)27)12-32-20(31)22-10-4-7-13-5-2-1-3-6-13/h1-3,5-6,14-15H,4,7-12,21H2,(H,22,31)(H,23,28)(H,24,25)(H,26,27)(H,29,30). The number of nitrogens with one attached hydrogen (secondary N) is 3. The molecule has 2 atom stereocenters. The third-order valence-corrected chi connectivity index (χ3v) is 5.61. The van der Waals surface area contributed by atoms with E-state index in [0.717, 1.165) is 24.6 Å². The first-order valence-electron chi connectivity index (χ1n) is 9.90. The molecule has 7 N–H and O–H groups in total. The van der Waals surface area contributed by atoms with Gasteiger partial charge in [-0.1, -0.05) is 54.3 Å². The topological polar surface area (TPSA) is 171 Å². The molecule has 2 unspecified atom stereocenters. The number of amides is 2. The number of rotatable bonds is 14. The van der Waals surface area contributed by atoms with Gasteiger partial charge < -0.3 is 31.9 Å². The van der Waals surface area contributed by atoms with Crippen LogP contribution in [0.25, 0.3) is 0 Å². The fourth-order valence-electron chi connectivity index (χ4n) is 2.48. The number of carboxylic acid groups (broad SMARTS) is 2. The van der Waals surface area contributed by atoms with E-state index in [-0.39, 0.29) is 18.6 Å². The molecule has 0 aliphatic rings. The van der Waals surface area contributed by atoms with E-state index in [2.05, 4.69) is 16.0 Å².